The van der Waals surface area contributed by atoms with Crippen molar-refractivity contribution >= 4 is 27.6 Å². The molecule has 0 radical (unpaired) electrons. The number of hydrogen-bond donors (Lipinski definition) is 2. The van der Waals surface area contributed by atoms with E-state index in [4.69, 9.17) is 15.5 Å². The quantitative estimate of drug-likeness (QED) is 0.387. The molecule has 1 saturated heterocycles. The Bertz CT molecular complexity index is 1540. The molecule has 3 heterocycles. The van der Waals surface area contributed by atoms with Crippen LogP contribution in [0.3, 0.4) is 0 Å². The monoisotopic (exact) mass is 569 g/mol. The zero-order valence-corrected chi connectivity index (χ0v) is 24.5. The molecule has 0 saturated carbocycles. The standard InChI is InChI=1S/C29H36FN5O4S/c1-18(2)17-39-21-15-19(14-20(30)16-21)23-11-10-22(26(32-23)35-13-12-28(3,4)29(35,5)6)27(36)34-40(37,38)25-9-7-8-24(31)33-25/h7-11,14-16,18H,12-13,17H2,1-6H3,(H2,31,33)(H,34,36). The summed E-state index contributed by atoms with van der Waals surface area (Å²) in [7, 11) is -4.31. The maximum absolute atomic E-state index is 14.6. The van der Waals surface area contributed by atoms with Gasteiger partial charge in [0.25, 0.3) is 15.9 Å². The molecule has 0 bridgehead atoms. The molecule has 3 aromatic rings. The minimum absolute atomic E-state index is 0.00918. The van der Waals surface area contributed by atoms with Gasteiger partial charge in [-0.15, -0.1) is 0 Å². The third-order valence-electron chi connectivity index (χ3n) is 7.66. The van der Waals surface area contributed by atoms with Crippen LogP contribution in [0.4, 0.5) is 16.0 Å². The molecule has 1 fully saturated rings. The fourth-order valence-corrected chi connectivity index (χ4v) is 5.51. The first-order valence-corrected chi connectivity index (χ1v) is 14.6. The number of carbonyl (C=O) groups is 1. The fraction of sp³-hybridized carbons (Fsp3) is 0.414. The number of benzene rings is 1. The number of nitrogens with two attached hydrogens (primary N) is 1. The molecule has 0 atom stereocenters. The van der Waals surface area contributed by atoms with Crippen molar-refractivity contribution in [1.29, 1.82) is 0 Å². The molecule has 1 aliphatic rings. The van der Waals surface area contributed by atoms with E-state index in [0.717, 1.165) is 6.42 Å². The minimum atomic E-state index is -4.31. The number of aromatic nitrogens is 2. The van der Waals surface area contributed by atoms with E-state index < -0.39 is 27.3 Å². The Kier molecular flexibility index (Phi) is 7.81. The van der Waals surface area contributed by atoms with Crippen LogP contribution in [0.1, 0.15) is 58.3 Å². The van der Waals surface area contributed by atoms with Gasteiger partial charge in [0.05, 0.1) is 17.9 Å². The Hall–Kier alpha value is -3.73. The van der Waals surface area contributed by atoms with Crippen molar-refractivity contribution in [1.82, 2.24) is 14.7 Å². The number of nitrogens with one attached hydrogen (secondary N) is 1. The van der Waals surface area contributed by atoms with E-state index >= 15 is 0 Å². The molecule has 11 heteroatoms. The number of nitrogen functional groups attached to an aromatic ring is 1. The summed E-state index contributed by atoms with van der Waals surface area (Å²) in [5.74, 6) is -0.403. The number of carbonyl (C=O) groups excluding carboxylic acids is 1. The van der Waals surface area contributed by atoms with Gasteiger partial charge in [0, 0.05) is 23.7 Å². The normalized spacial score (nSPS) is 16.2. The topological polar surface area (TPSA) is 128 Å². The Labute approximate surface area is 235 Å². The van der Waals surface area contributed by atoms with Crippen molar-refractivity contribution in [3.05, 3.63) is 59.9 Å². The average Bonchev–Trinajstić information content (AvgIpc) is 3.08. The van der Waals surface area contributed by atoms with Gasteiger partial charge >= 0.3 is 0 Å². The van der Waals surface area contributed by atoms with E-state index in [1.54, 1.807) is 12.1 Å². The van der Waals surface area contributed by atoms with Crippen molar-refractivity contribution in [2.24, 2.45) is 11.3 Å². The molecule has 1 amide bonds. The molecule has 40 heavy (non-hydrogen) atoms. The van der Waals surface area contributed by atoms with Gasteiger partial charge in [0.1, 0.15) is 23.2 Å². The molecular formula is C29H36FN5O4S. The third kappa shape index (κ3) is 5.89. The van der Waals surface area contributed by atoms with Crippen LogP contribution in [0.5, 0.6) is 5.75 Å². The van der Waals surface area contributed by atoms with Crippen molar-refractivity contribution in [2.75, 3.05) is 23.8 Å². The van der Waals surface area contributed by atoms with Crippen LogP contribution in [0, 0.1) is 17.2 Å². The molecule has 3 N–H and O–H groups in total. The number of ether oxygens (including phenoxy) is 1. The predicted molar refractivity (Wildman–Crippen MR) is 153 cm³/mol. The van der Waals surface area contributed by atoms with Crippen molar-refractivity contribution in [3.63, 3.8) is 0 Å². The summed E-state index contributed by atoms with van der Waals surface area (Å²) in [6, 6.07) is 11.6. The van der Waals surface area contributed by atoms with E-state index in [2.05, 4.69) is 37.4 Å². The van der Waals surface area contributed by atoms with E-state index in [-0.39, 0.29) is 27.7 Å². The number of pyridine rings is 2. The number of rotatable bonds is 8. The van der Waals surface area contributed by atoms with Crippen LogP contribution in [0.25, 0.3) is 11.3 Å². The lowest BCUT2D eigenvalue weighted by atomic mass is 9.75. The average molecular weight is 570 g/mol. The van der Waals surface area contributed by atoms with Crippen LogP contribution in [0.15, 0.2) is 53.6 Å². The number of halogens is 1. The Morgan fingerprint density at radius 3 is 2.48 bits per heavy atom. The van der Waals surface area contributed by atoms with Crippen LogP contribution < -0.4 is 20.1 Å². The second-order valence-electron chi connectivity index (χ2n) is 11.6. The largest absolute Gasteiger partial charge is 0.493 e. The molecule has 4 rings (SSSR count). The zero-order chi connectivity index (χ0) is 29.5. The molecular weight excluding hydrogens is 533 g/mol. The second kappa shape index (κ2) is 10.7. The number of nitrogens with zero attached hydrogens (tertiary/aromatic N) is 3. The summed E-state index contributed by atoms with van der Waals surface area (Å²) in [6.45, 7) is 13.4. The Morgan fingerprint density at radius 1 is 1.12 bits per heavy atom. The first-order valence-electron chi connectivity index (χ1n) is 13.1. The second-order valence-corrected chi connectivity index (χ2v) is 13.3. The maximum atomic E-state index is 14.6. The number of sulfonamides is 1. The van der Waals surface area contributed by atoms with Gasteiger partial charge in [-0.25, -0.2) is 19.1 Å². The lowest BCUT2D eigenvalue weighted by Crippen LogP contribution is -2.48. The zero-order valence-electron chi connectivity index (χ0n) is 23.7. The summed E-state index contributed by atoms with van der Waals surface area (Å²) in [6.07, 6.45) is 0.825. The fourth-order valence-electron chi connectivity index (χ4n) is 4.57. The van der Waals surface area contributed by atoms with Gasteiger partial charge in [0.2, 0.25) is 0 Å². The van der Waals surface area contributed by atoms with Crippen LogP contribution >= 0.6 is 0 Å². The third-order valence-corrected chi connectivity index (χ3v) is 8.90. The highest BCUT2D eigenvalue weighted by Gasteiger charge is 2.48. The molecule has 1 aliphatic heterocycles. The first kappa shape index (κ1) is 29.3. The summed E-state index contributed by atoms with van der Waals surface area (Å²) in [5, 5.41) is -0.372. The van der Waals surface area contributed by atoms with Crippen molar-refractivity contribution < 1.29 is 22.3 Å². The van der Waals surface area contributed by atoms with Crippen molar-refractivity contribution in [3.8, 4) is 17.0 Å². The molecule has 0 spiro atoms. The molecule has 0 aliphatic carbocycles. The minimum Gasteiger partial charge on any atom is -0.493 e. The van der Waals surface area contributed by atoms with Gasteiger partial charge in [-0.1, -0.05) is 33.8 Å². The lowest BCUT2D eigenvalue weighted by Gasteiger charge is -2.42. The maximum Gasteiger partial charge on any atom is 0.281 e. The number of amides is 1. The molecule has 0 unspecified atom stereocenters. The molecule has 214 valence electrons. The number of hydrogen-bond acceptors (Lipinski definition) is 8. The van der Waals surface area contributed by atoms with Gasteiger partial charge in [0.15, 0.2) is 5.03 Å². The summed E-state index contributed by atoms with van der Waals surface area (Å²) in [4.78, 5) is 24.1. The Morgan fingerprint density at radius 2 is 1.85 bits per heavy atom. The van der Waals surface area contributed by atoms with E-state index in [9.17, 15) is 17.6 Å². The summed E-state index contributed by atoms with van der Waals surface area (Å²) in [5.41, 5.74) is 6.03. The van der Waals surface area contributed by atoms with E-state index in [0.29, 0.717) is 36.0 Å². The Balaban J connectivity index is 1.79. The highest BCUT2D eigenvalue weighted by atomic mass is 32.2. The van der Waals surface area contributed by atoms with Crippen LogP contribution in [-0.4, -0.2) is 43.0 Å². The molecule has 2 aromatic heterocycles. The summed E-state index contributed by atoms with van der Waals surface area (Å²) >= 11 is 0. The van der Waals surface area contributed by atoms with Gasteiger partial charge in [-0.3, -0.25) is 4.79 Å². The van der Waals surface area contributed by atoms with E-state index in [1.807, 2.05) is 18.7 Å². The molecule has 9 nitrogen and oxygen atoms in total. The van der Waals surface area contributed by atoms with Crippen LogP contribution in [0.2, 0.25) is 0 Å². The SMILES string of the molecule is CC(C)COc1cc(F)cc(-c2ccc(C(=O)NS(=O)(=O)c3cccc(N)n3)c(N3CCC(C)(C)C3(C)C)n2)c1. The summed E-state index contributed by atoms with van der Waals surface area (Å²) < 4.78 is 48.4. The highest BCUT2D eigenvalue weighted by Crippen LogP contribution is 2.47. The highest BCUT2D eigenvalue weighted by molar-refractivity contribution is 7.90. The smallest absolute Gasteiger partial charge is 0.281 e. The van der Waals surface area contributed by atoms with Gasteiger partial charge in [-0.2, -0.15) is 8.42 Å². The van der Waals surface area contributed by atoms with Crippen molar-refractivity contribution in [2.45, 2.75) is 58.5 Å². The predicted octanol–water partition coefficient (Wildman–Crippen LogP) is 5.03. The van der Waals surface area contributed by atoms with Gasteiger partial charge in [-0.05, 0) is 68.0 Å². The van der Waals surface area contributed by atoms with Crippen LogP contribution in [-0.2, 0) is 10.0 Å². The van der Waals surface area contributed by atoms with E-state index in [1.165, 1.54) is 36.4 Å². The lowest BCUT2D eigenvalue weighted by molar-refractivity contribution is 0.0981. The molecule has 1 aromatic carbocycles. The first-order chi connectivity index (χ1) is 18.6. The van der Waals surface area contributed by atoms with Gasteiger partial charge < -0.3 is 15.4 Å². The number of anilines is 2.